The minimum absolute atomic E-state index is 1.15. The monoisotopic (exact) mass is 206 g/mol. The number of fused-ring (bicyclic) bond motifs is 1. The predicted molar refractivity (Wildman–Crippen MR) is 68.3 cm³/mol. The van der Waals surface area contributed by atoms with Crippen LogP contribution in [0.3, 0.4) is 0 Å². The fraction of sp³-hybridized carbons (Fsp3) is 0.125. The SMILES string of the molecule is C1=c2ccccc2=C(c2ccccc2)CC1. The van der Waals surface area contributed by atoms with Crippen molar-refractivity contribution in [2.24, 2.45) is 0 Å². The Bertz CT molecular complexity index is 606. The van der Waals surface area contributed by atoms with E-state index >= 15 is 0 Å². The molecule has 0 aliphatic heterocycles. The summed E-state index contributed by atoms with van der Waals surface area (Å²) in [7, 11) is 0. The van der Waals surface area contributed by atoms with Crippen molar-refractivity contribution >= 4 is 11.6 Å². The predicted octanol–water partition coefficient (Wildman–Crippen LogP) is 2.46. The van der Waals surface area contributed by atoms with Crippen LogP contribution < -0.4 is 10.4 Å². The van der Waals surface area contributed by atoms with Crippen LogP contribution in [0.15, 0.2) is 54.6 Å². The van der Waals surface area contributed by atoms with Crippen LogP contribution in [0.4, 0.5) is 0 Å². The zero-order valence-corrected chi connectivity index (χ0v) is 9.19. The lowest BCUT2D eigenvalue weighted by Gasteiger charge is -2.11. The Labute approximate surface area is 95.6 Å². The first-order valence-electron chi connectivity index (χ1n) is 5.79. The van der Waals surface area contributed by atoms with Crippen LogP contribution in [-0.4, -0.2) is 0 Å². The highest BCUT2D eigenvalue weighted by Gasteiger charge is 2.05. The second-order valence-corrected chi connectivity index (χ2v) is 4.17. The average Bonchev–Trinajstić information content (AvgIpc) is 2.39. The molecular weight excluding hydrogens is 192 g/mol. The largest absolute Gasteiger partial charge is 0.0763 e. The number of benzene rings is 2. The van der Waals surface area contributed by atoms with E-state index in [9.17, 15) is 0 Å². The molecule has 0 radical (unpaired) electrons. The molecule has 0 amide bonds. The maximum absolute atomic E-state index is 2.34. The number of hydrogen-bond donors (Lipinski definition) is 0. The highest BCUT2D eigenvalue weighted by atomic mass is 14.1. The second kappa shape index (κ2) is 3.97. The molecule has 0 unspecified atom stereocenters. The van der Waals surface area contributed by atoms with Crippen molar-refractivity contribution < 1.29 is 0 Å². The fourth-order valence-electron chi connectivity index (χ4n) is 2.40. The van der Waals surface area contributed by atoms with Gasteiger partial charge in [-0.1, -0.05) is 60.7 Å². The molecule has 0 spiro atoms. The summed E-state index contributed by atoms with van der Waals surface area (Å²) in [6.45, 7) is 0. The van der Waals surface area contributed by atoms with Gasteiger partial charge < -0.3 is 0 Å². The maximum Gasteiger partial charge on any atom is -0.0149 e. The van der Waals surface area contributed by atoms with E-state index in [2.05, 4.69) is 60.7 Å². The van der Waals surface area contributed by atoms with Crippen molar-refractivity contribution in [3.63, 3.8) is 0 Å². The second-order valence-electron chi connectivity index (χ2n) is 4.17. The van der Waals surface area contributed by atoms with Gasteiger partial charge in [0.25, 0.3) is 0 Å². The molecular formula is C16H14. The topological polar surface area (TPSA) is 0 Å². The normalized spacial score (nSPS) is 14.1. The zero-order valence-electron chi connectivity index (χ0n) is 9.19. The fourth-order valence-corrected chi connectivity index (χ4v) is 2.40. The van der Waals surface area contributed by atoms with E-state index in [1.807, 2.05) is 0 Å². The smallest absolute Gasteiger partial charge is 0.0149 e. The van der Waals surface area contributed by atoms with Gasteiger partial charge in [-0.25, -0.2) is 0 Å². The molecule has 0 nitrogen and oxygen atoms in total. The van der Waals surface area contributed by atoms with Gasteiger partial charge >= 0.3 is 0 Å². The van der Waals surface area contributed by atoms with E-state index in [-0.39, 0.29) is 0 Å². The summed E-state index contributed by atoms with van der Waals surface area (Å²) >= 11 is 0. The third kappa shape index (κ3) is 1.57. The van der Waals surface area contributed by atoms with Crippen molar-refractivity contribution in [1.82, 2.24) is 0 Å². The minimum atomic E-state index is 1.15. The molecule has 0 heteroatoms. The van der Waals surface area contributed by atoms with Gasteiger partial charge in [-0.2, -0.15) is 0 Å². The molecule has 0 N–H and O–H groups in total. The molecule has 0 bridgehead atoms. The van der Waals surface area contributed by atoms with E-state index in [0.29, 0.717) is 0 Å². The van der Waals surface area contributed by atoms with Gasteiger partial charge in [-0.15, -0.1) is 0 Å². The van der Waals surface area contributed by atoms with Crippen LogP contribution >= 0.6 is 0 Å². The van der Waals surface area contributed by atoms with E-state index in [0.717, 1.165) is 12.8 Å². The highest BCUT2D eigenvalue weighted by molar-refractivity contribution is 5.67. The number of hydrogen-bond acceptors (Lipinski definition) is 0. The van der Waals surface area contributed by atoms with E-state index in [4.69, 9.17) is 0 Å². The van der Waals surface area contributed by atoms with Gasteiger partial charge in [0.2, 0.25) is 0 Å². The van der Waals surface area contributed by atoms with E-state index < -0.39 is 0 Å². The van der Waals surface area contributed by atoms with Crippen molar-refractivity contribution in [2.45, 2.75) is 12.8 Å². The first kappa shape index (κ1) is 9.41. The summed E-state index contributed by atoms with van der Waals surface area (Å²) in [5.41, 5.74) is 2.85. The minimum Gasteiger partial charge on any atom is -0.0763 e. The average molecular weight is 206 g/mol. The molecule has 2 aromatic rings. The van der Waals surface area contributed by atoms with Crippen LogP contribution in [0, 0.1) is 0 Å². The molecule has 0 fully saturated rings. The molecule has 16 heavy (non-hydrogen) atoms. The van der Waals surface area contributed by atoms with Crippen LogP contribution in [-0.2, 0) is 0 Å². The molecule has 78 valence electrons. The standard InChI is InChI=1S/C16H14/c1-2-7-13(8-3-1)16-12-6-10-14-9-4-5-11-15(14)16/h1-5,7-11H,6,12H2. The van der Waals surface area contributed by atoms with Crippen LogP contribution in [0.1, 0.15) is 18.4 Å². The Morgan fingerprint density at radius 1 is 0.750 bits per heavy atom. The van der Waals surface area contributed by atoms with Crippen LogP contribution in [0.25, 0.3) is 11.6 Å². The van der Waals surface area contributed by atoms with Gasteiger partial charge in [0.1, 0.15) is 0 Å². The van der Waals surface area contributed by atoms with Crippen LogP contribution in [0.5, 0.6) is 0 Å². The molecule has 1 aliphatic rings. The van der Waals surface area contributed by atoms with E-state index in [1.54, 1.807) is 0 Å². The van der Waals surface area contributed by atoms with Crippen LogP contribution in [0.2, 0.25) is 0 Å². The van der Waals surface area contributed by atoms with Gasteiger partial charge in [-0.05, 0) is 34.4 Å². The summed E-state index contributed by atoms with van der Waals surface area (Å²) in [6.07, 6.45) is 4.64. The maximum atomic E-state index is 2.34. The first-order valence-corrected chi connectivity index (χ1v) is 5.79. The lowest BCUT2D eigenvalue weighted by Crippen LogP contribution is -2.29. The third-order valence-electron chi connectivity index (χ3n) is 3.17. The molecule has 0 saturated heterocycles. The number of rotatable bonds is 1. The summed E-state index contributed by atoms with van der Waals surface area (Å²) < 4.78 is 0. The third-order valence-corrected chi connectivity index (χ3v) is 3.17. The van der Waals surface area contributed by atoms with Crippen molar-refractivity contribution in [3.05, 3.63) is 70.6 Å². The molecule has 0 aromatic heterocycles. The highest BCUT2D eigenvalue weighted by Crippen LogP contribution is 2.17. The molecule has 2 aromatic carbocycles. The van der Waals surface area contributed by atoms with Crippen molar-refractivity contribution in [2.75, 3.05) is 0 Å². The Balaban J connectivity index is 2.33. The van der Waals surface area contributed by atoms with Crippen molar-refractivity contribution in [1.29, 1.82) is 0 Å². The lowest BCUT2D eigenvalue weighted by molar-refractivity contribution is 1.08. The lowest BCUT2D eigenvalue weighted by atomic mass is 9.94. The van der Waals surface area contributed by atoms with Gasteiger partial charge in [0.05, 0.1) is 0 Å². The Morgan fingerprint density at radius 2 is 1.50 bits per heavy atom. The van der Waals surface area contributed by atoms with E-state index in [1.165, 1.54) is 21.6 Å². The zero-order chi connectivity index (χ0) is 10.8. The summed E-state index contributed by atoms with van der Waals surface area (Å²) in [5.74, 6) is 0. The van der Waals surface area contributed by atoms with Gasteiger partial charge in [-0.3, -0.25) is 0 Å². The Hall–Kier alpha value is -1.82. The van der Waals surface area contributed by atoms with Crippen molar-refractivity contribution in [3.8, 4) is 0 Å². The van der Waals surface area contributed by atoms with Gasteiger partial charge in [0.15, 0.2) is 0 Å². The quantitative estimate of drug-likeness (QED) is 0.672. The Kier molecular flexibility index (Phi) is 2.34. The molecule has 1 aliphatic carbocycles. The molecule has 0 heterocycles. The molecule has 0 atom stereocenters. The summed E-state index contributed by atoms with van der Waals surface area (Å²) in [6, 6.07) is 19.4. The first-order chi connectivity index (χ1) is 7.95. The van der Waals surface area contributed by atoms with Gasteiger partial charge in [0, 0.05) is 0 Å². The Morgan fingerprint density at radius 3 is 2.38 bits per heavy atom. The summed E-state index contributed by atoms with van der Waals surface area (Å²) in [4.78, 5) is 0. The molecule has 0 saturated carbocycles. The molecule has 3 rings (SSSR count). The summed E-state index contributed by atoms with van der Waals surface area (Å²) in [5, 5.41) is 2.78.